The lowest BCUT2D eigenvalue weighted by Gasteiger charge is -2.33. The third-order valence-corrected chi connectivity index (χ3v) is 30.1. The van der Waals surface area contributed by atoms with E-state index in [2.05, 4.69) is 77.9 Å². The molecule has 4 fully saturated rings. The van der Waals surface area contributed by atoms with Gasteiger partial charge in [-0.25, -0.2) is 53.5 Å². The number of hydrogen-bond donors (Lipinski definition) is 10. The number of amides is 10. The van der Waals surface area contributed by atoms with E-state index in [1.807, 2.05) is 6.92 Å². The van der Waals surface area contributed by atoms with Crippen LogP contribution in [0.4, 0.5) is 21.4 Å². The van der Waals surface area contributed by atoms with Crippen molar-refractivity contribution in [2.24, 2.45) is 29.6 Å². The van der Waals surface area contributed by atoms with E-state index in [1.165, 1.54) is 21.5 Å². The number of urea groups is 2. The molecule has 1 aromatic carbocycles. The van der Waals surface area contributed by atoms with Crippen LogP contribution in [0.25, 0.3) is 22.1 Å². The monoisotopic (exact) mass is 2150 g/mol. The van der Waals surface area contributed by atoms with Crippen molar-refractivity contribution in [3.63, 3.8) is 0 Å². The number of nitrogens with two attached hydrogens (primary N) is 2. The van der Waals surface area contributed by atoms with Crippen LogP contribution in [-0.2, 0) is 124 Å². The summed E-state index contributed by atoms with van der Waals surface area (Å²) in [4.78, 5) is 228. The minimum Gasteiger partial charge on any atom is -0.480 e. The zero-order valence-electron chi connectivity index (χ0n) is 83.4. The number of H-pyrrole nitrogens is 1. The highest BCUT2D eigenvalue weighted by molar-refractivity contribution is 7.48. The van der Waals surface area contributed by atoms with Gasteiger partial charge in [0.25, 0.3) is 5.56 Å². The number of carbonyl (C=O) groups excluding carboxylic acids is 8. The average Bonchev–Trinajstić information content (AvgIpc) is 1.61. The average molecular weight is 2150 g/mol. The molecule has 20 atom stereocenters. The quantitative estimate of drug-likeness (QED) is 0.0434. The fraction of sp³-hybridized carbons (Fsp3) is 0.619. The van der Waals surface area contributed by atoms with Crippen molar-refractivity contribution in [2.45, 2.75) is 254 Å². The molecule has 0 aliphatic carbocycles. The first-order valence-corrected chi connectivity index (χ1v) is 55.0. The minimum atomic E-state index is -5.71. The number of nitrogens with one attached hydrogen (secondary N) is 3. The van der Waals surface area contributed by atoms with Crippen molar-refractivity contribution in [3.05, 3.63) is 76.1 Å². The Bertz CT molecular complexity index is 6260. The number of imide groups is 2. The number of benzene rings is 1. The van der Waals surface area contributed by atoms with Gasteiger partial charge < -0.3 is 74.1 Å². The molecule has 22 bridgehead atoms. The van der Waals surface area contributed by atoms with E-state index < -0.39 is 284 Å². The molecule has 10 aliphatic rings. The van der Waals surface area contributed by atoms with Crippen molar-refractivity contribution < 1.29 is 161 Å². The number of phosphoric ester groups is 3. The van der Waals surface area contributed by atoms with Crippen LogP contribution in [-0.4, -0.2) is 315 Å². The Labute approximate surface area is 863 Å². The number of carbonyl (C=O) groups is 9. The van der Waals surface area contributed by atoms with Crippen LogP contribution >= 0.6 is 23.5 Å². The van der Waals surface area contributed by atoms with E-state index >= 15 is 28.3 Å². The Kier molecular flexibility index (Phi) is 39.9. The number of likely N-dealkylation sites (N-methyl/N-ethyl adjacent to an activating group) is 1. The first-order chi connectivity index (χ1) is 72.1. The van der Waals surface area contributed by atoms with Gasteiger partial charge >= 0.3 is 53.3 Å². The van der Waals surface area contributed by atoms with Crippen LogP contribution in [0.3, 0.4) is 0 Å². The standard InChI is InChI=1S/C97H126N17O33P3/c1-4-5-37-111-78(116)36-35-64-46-69-45-63-30-22-17-15-13-11-9-7-6-8-10-12-14-16-18-23-40-133-57-75-71(48-81(142-75)108-53-66(85-88(108)102-95(99)103-91(85)121)32-25-43-137-114(92(63)122)56-83(117)118)145-149(129,130)139-59-76-72(49-80(143-76)107-52-65(84-86(98)100-61-101-87(84)107)31-24-42-135-112(94(69)124)39-38-106(2)3)146-150(131,132)140-60-77-73(147-148(127,128)138-58-74-70(115)47-79(141-74)109-54-67(33-26-41-134-111)89(119)104-96(109)125)50-82(144-77)110-55-68(90(120)105-97(110)126)34-27-44-136-113(93(64)123)51-62-28-20-19-21-29-62/h19-21,28-29,52-55,61,63-64,67-77,79-82,115H,4-18,22-23,30,35-51,56-60H2,1-3H3,(H9-2,98,99,100,101,102,103,104,105,117,118,119,120,121,125,126,127,128,129,130,131,132)/p+2/t63?,64?,67?,68?,69?,70-,71-,72-,73-,74-,75-,76-,77-,79-,80-,81-,82-/m0/s1. The number of nitrogens with zero attached hydrogens (tertiary/aromatic N) is 12. The zero-order chi connectivity index (χ0) is 106. The van der Waals surface area contributed by atoms with Crippen LogP contribution in [0.2, 0.25) is 0 Å². The summed E-state index contributed by atoms with van der Waals surface area (Å²) < 4.78 is 116. The smallest absolute Gasteiger partial charge is 0.480 e. The molecular weight excluding hydrogens is 2020 g/mol. The number of aromatic nitrogens is 6. The Hall–Kier alpha value is -11.0. The Morgan fingerprint density at radius 3 is 1.60 bits per heavy atom. The number of aromatic amines is 1. The summed E-state index contributed by atoms with van der Waals surface area (Å²) in [6.07, 6.45) is -3.09. The second-order valence-corrected chi connectivity index (χ2v) is 42.5. The Balaban J connectivity index is 0.917. The molecule has 812 valence electrons. The maximum atomic E-state index is 16.9. The van der Waals surface area contributed by atoms with Gasteiger partial charge in [-0.05, 0) is 58.2 Å². The zero-order valence-corrected chi connectivity index (χ0v) is 86.1. The van der Waals surface area contributed by atoms with E-state index in [4.69, 9.17) is 81.6 Å². The van der Waals surface area contributed by atoms with E-state index in [0.29, 0.717) is 49.2 Å². The SMILES string of the molecule is CCCCN1OCC#CC2C=[N+](C(=O)NC2=O)[C@@H]2C[C@H](O)[C@H](COP(=O)(O)O[C@H]3C[C@@H]4O[C@H]3COP(=O)(O)O[C@H]3C[C@@H]5O[C@H]3COP(=O)(O)O[C@H]3C[C@@H]6O[C@H]3COCCCCCCCCCCCCCCCCCC(CC(CC(CCC1=O)C(=O)N(Cc1ccccc1)OCC#CC1C=[N+]4C(=O)NC1=O)C(=O)N(CCN(C)C)OCC#Cc1cn5c3ncnc(N)c13)C(=O)N(CC(=O)O)OCC#Cc1cn6c3nc(N)[nH]c(=O)c13)O2. The van der Waals surface area contributed by atoms with E-state index in [0.717, 1.165) is 114 Å². The molecule has 0 spiro atoms. The third-order valence-electron chi connectivity index (χ3n) is 27.0. The maximum Gasteiger partial charge on any atom is 0.500 e. The van der Waals surface area contributed by atoms with Gasteiger partial charge in [0.1, 0.15) is 118 Å². The van der Waals surface area contributed by atoms with Crippen molar-refractivity contribution in [1.82, 2.24) is 64.9 Å². The highest BCUT2D eigenvalue weighted by Crippen LogP contribution is 2.54. The summed E-state index contributed by atoms with van der Waals surface area (Å²) in [5.41, 5.74) is 12.6. The van der Waals surface area contributed by atoms with Gasteiger partial charge in [-0.2, -0.15) is 34.4 Å². The first kappa shape index (κ1) is 113. The number of carboxylic acids is 1. The summed E-state index contributed by atoms with van der Waals surface area (Å²) in [6.45, 7) is -5.79. The van der Waals surface area contributed by atoms with Crippen molar-refractivity contribution in [3.8, 4) is 47.4 Å². The van der Waals surface area contributed by atoms with Gasteiger partial charge in [0.2, 0.25) is 42.0 Å². The summed E-state index contributed by atoms with van der Waals surface area (Å²) in [5, 5.41) is 30.3. The molecule has 15 rings (SSSR count). The molecule has 4 aromatic heterocycles. The van der Waals surface area contributed by atoms with Gasteiger partial charge in [0.15, 0.2) is 17.5 Å². The molecule has 10 aliphatic heterocycles. The number of aliphatic hydroxyl groups is 1. The molecule has 0 saturated carbocycles. The number of fused-ring (bicyclic) bond motifs is 30. The number of aliphatic hydroxyl groups excluding tert-OH is 1. The molecule has 0 radical (unpaired) electrons. The molecule has 5 aromatic rings. The molecule has 8 unspecified atom stereocenters. The van der Waals surface area contributed by atoms with E-state index in [-0.39, 0.29) is 97.2 Å². The summed E-state index contributed by atoms with van der Waals surface area (Å²) in [5.74, 6) is 7.68. The number of anilines is 2. The van der Waals surface area contributed by atoms with Crippen LogP contribution in [0, 0.1) is 77.0 Å². The summed E-state index contributed by atoms with van der Waals surface area (Å²) >= 11 is 0. The number of phosphoric acid groups is 3. The fourth-order valence-corrected chi connectivity index (χ4v) is 22.2. The molecular formula is C97H128N17O33P3+2. The lowest BCUT2D eigenvalue weighted by atomic mass is 9.81. The number of carboxylic acid groups (broad SMARTS) is 1. The highest BCUT2D eigenvalue weighted by atomic mass is 31.2. The van der Waals surface area contributed by atoms with Crippen LogP contribution in [0.15, 0.2) is 53.8 Å². The van der Waals surface area contributed by atoms with Crippen molar-refractivity contribution in [2.75, 3.05) is 111 Å². The number of hydrogen-bond acceptors (Lipinski definition) is 35. The second-order valence-electron chi connectivity index (χ2n) is 38.2. The lowest BCUT2D eigenvalue weighted by molar-refractivity contribution is -0.526. The molecule has 12 N–H and O–H groups in total. The predicted molar refractivity (Wildman–Crippen MR) is 525 cm³/mol. The number of hydroxylamine groups is 8. The van der Waals surface area contributed by atoms with Crippen molar-refractivity contribution in [1.29, 1.82) is 0 Å². The first-order valence-electron chi connectivity index (χ1n) is 50.5. The molecule has 14 heterocycles. The Morgan fingerprint density at radius 2 is 1.02 bits per heavy atom. The van der Waals surface area contributed by atoms with Gasteiger partial charge in [0.05, 0.1) is 67.5 Å². The van der Waals surface area contributed by atoms with Gasteiger partial charge in [-0.15, -0.1) is 0 Å². The summed E-state index contributed by atoms with van der Waals surface area (Å²) in [7, 11) is -13.3. The third kappa shape index (κ3) is 30.5. The normalized spacial score (nSPS) is 31.3. The number of ether oxygens (including phenoxy) is 5. The molecule has 4 saturated heterocycles. The number of nitrogen functional groups attached to an aromatic ring is 2. The Morgan fingerprint density at radius 1 is 0.533 bits per heavy atom. The largest absolute Gasteiger partial charge is 0.500 e. The lowest BCUT2D eigenvalue weighted by Crippen LogP contribution is -2.51. The topological polar surface area (TPSA) is 624 Å². The highest BCUT2D eigenvalue weighted by Gasteiger charge is 2.53. The molecule has 10 amide bonds. The molecule has 150 heavy (non-hydrogen) atoms. The number of aliphatic carboxylic acids is 1. The van der Waals surface area contributed by atoms with Gasteiger partial charge in [0, 0.05) is 81.9 Å². The molecule has 53 heteroatoms. The minimum absolute atomic E-state index is 0.0107. The van der Waals surface area contributed by atoms with E-state index in [9.17, 15) is 58.2 Å². The second kappa shape index (κ2) is 53.0. The van der Waals surface area contributed by atoms with Crippen molar-refractivity contribution >= 4 is 123 Å². The summed E-state index contributed by atoms with van der Waals surface area (Å²) in [6, 6.07) is 6.24. The van der Waals surface area contributed by atoms with Crippen LogP contribution < -0.4 is 27.7 Å². The van der Waals surface area contributed by atoms with Gasteiger partial charge in [-0.1, -0.05) is 181 Å². The number of rotatable bonds is 10. The van der Waals surface area contributed by atoms with E-state index in [1.54, 1.807) is 49.3 Å². The molecule has 50 nitrogen and oxygen atoms in total. The maximum absolute atomic E-state index is 16.9. The van der Waals surface area contributed by atoms with Gasteiger partial charge in [-0.3, -0.25) is 80.2 Å². The predicted octanol–water partition coefficient (Wildman–Crippen LogP) is 6.02. The van der Waals surface area contributed by atoms with Crippen LogP contribution in [0.1, 0.15) is 203 Å². The van der Waals surface area contributed by atoms with Crippen LogP contribution in [0.5, 0.6) is 0 Å². The fourth-order valence-electron chi connectivity index (χ4n) is 19.3. The number of unbranched alkanes of at least 4 members (excludes halogenated alkanes) is 1.